The van der Waals surface area contributed by atoms with Gasteiger partial charge in [0.2, 0.25) is 0 Å². The zero-order chi connectivity index (χ0) is 8.10. The lowest BCUT2D eigenvalue weighted by atomic mass is 10.2. The summed E-state index contributed by atoms with van der Waals surface area (Å²) in [4.78, 5) is 0. The summed E-state index contributed by atoms with van der Waals surface area (Å²) in [5.41, 5.74) is 1.25. The predicted molar refractivity (Wildman–Crippen MR) is 62.0 cm³/mol. The fraction of sp³-hybridized carbons (Fsp3) is 0.111. The Balaban J connectivity index is 2.73. The predicted octanol–water partition coefficient (Wildman–Crippen LogP) is 3.70. The molecular weight excluding hydrogens is 315 g/mol. The Morgan fingerprint density at radius 2 is 1.91 bits per heavy atom. The van der Waals surface area contributed by atoms with Gasteiger partial charge in [-0.2, -0.15) is 0 Å². The van der Waals surface area contributed by atoms with Crippen LogP contribution in [0, 0.1) is 3.57 Å². The molecule has 0 aliphatic carbocycles. The van der Waals surface area contributed by atoms with E-state index in [1.165, 1.54) is 9.13 Å². The van der Waals surface area contributed by atoms with Crippen LogP contribution >= 0.6 is 38.5 Å². The molecule has 0 heterocycles. The van der Waals surface area contributed by atoms with Gasteiger partial charge in [-0.15, -0.1) is 0 Å². The van der Waals surface area contributed by atoms with E-state index in [2.05, 4.69) is 74.9 Å². The van der Waals surface area contributed by atoms with Gasteiger partial charge in [0, 0.05) is 8.90 Å². The molecule has 1 aromatic carbocycles. The van der Waals surface area contributed by atoms with Crippen molar-refractivity contribution >= 4 is 44.6 Å². The van der Waals surface area contributed by atoms with Gasteiger partial charge in [0.15, 0.2) is 0 Å². The van der Waals surface area contributed by atoms with Crippen molar-refractivity contribution in [1.29, 1.82) is 0 Å². The van der Waals surface area contributed by atoms with Gasteiger partial charge in [-0.3, -0.25) is 0 Å². The maximum Gasteiger partial charge on any atom is 0.0215 e. The van der Waals surface area contributed by atoms with Gasteiger partial charge in [-0.25, -0.2) is 0 Å². The third-order valence-electron chi connectivity index (χ3n) is 1.27. The molecule has 0 atom stereocenters. The first-order valence-electron chi connectivity index (χ1n) is 3.31. The van der Waals surface area contributed by atoms with E-state index < -0.39 is 0 Å². The molecule has 2 heteroatoms. The highest BCUT2D eigenvalue weighted by molar-refractivity contribution is 14.1. The molecule has 0 spiro atoms. The topological polar surface area (TPSA) is 0 Å². The fourth-order valence-electron chi connectivity index (χ4n) is 0.755. The van der Waals surface area contributed by atoms with Crippen molar-refractivity contribution in [3.63, 3.8) is 0 Å². The van der Waals surface area contributed by atoms with Crippen LogP contribution in [-0.4, -0.2) is 5.33 Å². The van der Waals surface area contributed by atoms with Crippen LogP contribution in [0.1, 0.15) is 5.56 Å². The SMILES string of the molecule is BrC/C=C/c1ccc(I)cc1. The van der Waals surface area contributed by atoms with Crippen molar-refractivity contribution in [3.8, 4) is 0 Å². The molecule has 1 rings (SSSR count). The van der Waals surface area contributed by atoms with E-state index in [0.29, 0.717) is 0 Å². The molecule has 0 aliphatic rings. The maximum absolute atomic E-state index is 3.33. The molecule has 0 saturated carbocycles. The fourth-order valence-corrected chi connectivity index (χ4v) is 1.30. The van der Waals surface area contributed by atoms with Gasteiger partial charge in [-0.1, -0.05) is 40.2 Å². The summed E-state index contributed by atoms with van der Waals surface area (Å²) in [7, 11) is 0. The molecule has 0 nitrogen and oxygen atoms in total. The zero-order valence-electron chi connectivity index (χ0n) is 5.93. The van der Waals surface area contributed by atoms with Gasteiger partial charge in [0.25, 0.3) is 0 Å². The Bertz CT molecular complexity index is 238. The molecule has 0 amide bonds. The summed E-state index contributed by atoms with van der Waals surface area (Å²) in [6.07, 6.45) is 4.19. The minimum atomic E-state index is 0.916. The molecule has 0 aromatic heterocycles. The third-order valence-corrected chi connectivity index (χ3v) is 2.36. The van der Waals surface area contributed by atoms with Crippen molar-refractivity contribution in [2.45, 2.75) is 0 Å². The molecule has 0 N–H and O–H groups in total. The number of allylic oxidation sites excluding steroid dienone is 1. The standard InChI is InChI=1S/C9H8BrI/c10-7-1-2-8-3-5-9(11)6-4-8/h1-6H,7H2/b2-1+. The Labute approximate surface area is 89.0 Å². The summed E-state index contributed by atoms with van der Waals surface area (Å²) < 4.78 is 1.28. The van der Waals surface area contributed by atoms with Gasteiger partial charge < -0.3 is 0 Å². The van der Waals surface area contributed by atoms with E-state index in [0.717, 1.165) is 5.33 Å². The second-order valence-electron chi connectivity index (χ2n) is 2.11. The van der Waals surface area contributed by atoms with E-state index in [1.54, 1.807) is 0 Å². The van der Waals surface area contributed by atoms with E-state index in [1.807, 2.05) is 0 Å². The van der Waals surface area contributed by atoms with Crippen LogP contribution in [0.2, 0.25) is 0 Å². The largest absolute Gasteiger partial charge is 0.0883 e. The number of rotatable bonds is 2. The molecule has 0 aliphatic heterocycles. The molecule has 0 radical (unpaired) electrons. The summed E-state index contributed by atoms with van der Waals surface area (Å²) in [5, 5.41) is 0.916. The third kappa shape index (κ3) is 3.38. The van der Waals surface area contributed by atoms with Crippen LogP contribution in [-0.2, 0) is 0 Å². The lowest BCUT2D eigenvalue weighted by Gasteiger charge is -1.91. The average Bonchev–Trinajstić information content (AvgIpc) is 2.04. The zero-order valence-corrected chi connectivity index (χ0v) is 9.67. The smallest absolute Gasteiger partial charge is 0.0215 e. The minimum Gasteiger partial charge on any atom is -0.0883 e. The highest BCUT2D eigenvalue weighted by atomic mass is 127. The normalized spacial score (nSPS) is 10.7. The maximum atomic E-state index is 3.33. The Morgan fingerprint density at radius 3 is 2.45 bits per heavy atom. The first-order valence-corrected chi connectivity index (χ1v) is 5.51. The Morgan fingerprint density at radius 1 is 1.27 bits per heavy atom. The number of hydrogen-bond acceptors (Lipinski definition) is 0. The van der Waals surface area contributed by atoms with Crippen LogP contribution in [0.15, 0.2) is 30.3 Å². The van der Waals surface area contributed by atoms with Gasteiger partial charge in [-0.05, 0) is 40.3 Å². The lowest BCUT2D eigenvalue weighted by molar-refractivity contribution is 1.60. The molecule has 0 saturated heterocycles. The number of alkyl halides is 1. The van der Waals surface area contributed by atoms with E-state index in [9.17, 15) is 0 Å². The minimum absolute atomic E-state index is 0.916. The second kappa shape index (κ2) is 4.93. The van der Waals surface area contributed by atoms with Crippen molar-refractivity contribution in [2.24, 2.45) is 0 Å². The highest BCUT2D eigenvalue weighted by Crippen LogP contribution is 2.07. The monoisotopic (exact) mass is 322 g/mol. The van der Waals surface area contributed by atoms with Crippen LogP contribution in [0.4, 0.5) is 0 Å². The molecule has 58 valence electrons. The van der Waals surface area contributed by atoms with Crippen molar-refractivity contribution < 1.29 is 0 Å². The first kappa shape index (κ1) is 9.26. The van der Waals surface area contributed by atoms with Crippen molar-refractivity contribution in [1.82, 2.24) is 0 Å². The van der Waals surface area contributed by atoms with E-state index >= 15 is 0 Å². The Kier molecular flexibility index (Phi) is 4.15. The number of halogens is 2. The van der Waals surface area contributed by atoms with Gasteiger partial charge >= 0.3 is 0 Å². The molecular formula is C9H8BrI. The van der Waals surface area contributed by atoms with E-state index in [-0.39, 0.29) is 0 Å². The van der Waals surface area contributed by atoms with E-state index in [4.69, 9.17) is 0 Å². The molecule has 0 fully saturated rings. The summed E-state index contributed by atoms with van der Waals surface area (Å²) >= 11 is 5.63. The highest BCUT2D eigenvalue weighted by Gasteiger charge is 1.85. The van der Waals surface area contributed by atoms with Crippen molar-refractivity contribution in [2.75, 3.05) is 5.33 Å². The number of hydrogen-bond donors (Lipinski definition) is 0. The molecule has 11 heavy (non-hydrogen) atoms. The Hall–Kier alpha value is 0.170. The van der Waals surface area contributed by atoms with Crippen LogP contribution in [0.25, 0.3) is 6.08 Å². The van der Waals surface area contributed by atoms with Gasteiger partial charge in [0.05, 0.1) is 0 Å². The number of benzene rings is 1. The summed E-state index contributed by atoms with van der Waals surface area (Å²) in [6, 6.07) is 8.44. The summed E-state index contributed by atoms with van der Waals surface area (Å²) in [6.45, 7) is 0. The first-order chi connectivity index (χ1) is 5.33. The van der Waals surface area contributed by atoms with Crippen molar-refractivity contribution in [3.05, 3.63) is 39.5 Å². The lowest BCUT2D eigenvalue weighted by Crippen LogP contribution is -1.72. The van der Waals surface area contributed by atoms with Crippen LogP contribution < -0.4 is 0 Å². The average molecular weight is 323 g/mol. The van der Waals surface area contributed by atoms with Crippen LogP contribution in [0.3, 0.4) is 0 Å². The van der Waals surface area contributed by atoms with Crippen LogP contribution in [0.5, 0.6) is 0 Å². The quantitative estimate of drug-likeness (QED) is 0.575. The molecule has 0 bridgehead atoms. The molecule has 1 aromatic rings. The van der Waals surface area contributed by atoms with Gasteiger partial charge in [0.1, 0.15) is 0 Å². The molecule has 0 unspecified atom stereocenters. The summed E-state index contributed by atoms with van der Waals surface area (Å²) in [5.74, 6) is 0. The second-order valence-corrected chi connectivity index (χ2v) is 4.00.